The van der Waals surface area contributed by atoms with Crippen molar-refractivity contribution in [2.45, 2.75) is 12.5 Å². The second kappa shape index (κ2) is 7.24. The van der Waals surface area contributed by atoms with Crippen molar-refractivity contribution in [3.63, 3.8) is 0 Å². The van der Waals surface area contributed by atoms with Gasteiger partial charge in [0.15, 0.2) is 0 Å². The van der Waals surface area contributed by atoms with Gasteiger partial charge >= 0.3 is 8.80 Å². The summed E-state index contributed by atoms with van der Waals surface area (Å²) in [5.41, 5.74) is 5.31. The van der Waals surface area contributed by atoms with Gasteiger partial charge in [-0.05, 0) is 18.2 Å². The summed E-state index contributed by atoms with van der Waals surface area (Å²) in [6, 6.07) is 0.775. The smallest absolute Gasteiger partial charge is 0.377 e. The minimum Gasteiger partial charge on any atom is -0.377 e. The topological polar surface area (TPSA) is 79.3 Å². The van der Waals surface area contributed by atoms with Gasteiger partial charge in [0.25, 0.3) is 5.17 Å². The number of hydrogen-bond acceptors (Lipinski definition) is 4. The van der Waals surface area contributed by atoms with E-state index in [0.29, 0.717) is 5.17 Å². The van der Waals surface area contributed by atoms with Crippen LogP contribution in [0, 0.1) is 0 Å². The summed E-state index contributed by atoms with van der Waals surface area (Å²) in [5, 5.41) is 5.71. The molecule has 0 aliphatic rings. The highest BCUT2D eigenvalue weighted by atomic mass is 32.2. The molecule has 0 spiro atoms. The Labute approximate surface area is 90.2 Å². The van der Waals surface area contributed by atoms with Gasteiger partial charge in [0.2, 0.25) is 0 Å². The normalized spacial score (nSPS) is 11.6. The van der Waals surface area contributed by atoms with E-state index in [1.807, 2.05) is 0 Å². The first-order valence-corrected chi connectivity index (χ1v) is 7.18. The van der Waals surface area contributed by atoms with E-state index in [0.717, 1.165) is 18.2 Å². The molecule has 0 saturated carbocycles. The summed E-state index contributed by atoms with van der Waals surface area (Å²) in [6.07, 6.45) is 0.907. The molecule has 0 aliphatic heterocycles. The highest BCUT2D eigenvalue weighted by Crippen LogP contribution is 2.16. The van der Waals surface area contributed by atoms with Crippen LogP contribution < -0.4 is 11.1 Å². The van der Waals surface area contributed by atoms with Crippen LogP contribution in [-0.4, -0.2) is 41.1 Å². The van der Waals surface area contributed by atoms with E-state index in [1.54, 1.807) is 21.3 Å². The minimum atomic E-state index is -2.39. The fourth-order valence-corrected chi connectivity index (χ4v) is 3.54. The summed E-state index contributed by atoms with van der Waals surface area (Å²) < 4.78 is 15.8. The molecular weight excluding hydrogens is 220 g/mol. The van der Waals surface area contributed by atoms with E-state index in [2.05, 4.69) is 0 Å². The molecule has 0 heterocycles. The summed E-state index contributed by atoms with van der Waals surface area (Å²) in [4.78, 5) is 0. The van der Waals surface area contributed by atoms with Crippen LogP contribution in [0.3, 0.4) is 0 Å². The predicted octanol–water partition coefficient (Wildman–Crippen LogP) is -0.938. The second-order valence-corrected chi connectivity index (χ2v) is 6.91. The van der Waals surface area contributed by atoms with Crippen LogP contribution in [0.25, 0.3) is 0 Å². The first-order chi connectivity index (χ1) is 6.60. The van der Waals surface area contributed by atoms with Gasteiger partial charge in [-0.3, -0.25) is 11.1 Å². The largest absolute Gasteiger partial charge is 0.500 e. The zero-order valence-electron chi connectivity index (χ0n) is 8.91. The van der Waals surface area contributed by atoms with E-state index < -0.39 is 8.80 Å². The van der Waals surface area contributed by atoms with Gasteiger partial charge in [-0.25, -0.2) is 0 Å². The first-order valence-electron chi connectivity index (χ1n) is 4.26. The van der Waals surface area contributed by atoms with Gasteiger partial charge in [-0.1, -0.05) is 0 Å². The predicted molar refractivity (Wildman–Crippen MR) is 59.8 cm³/mol. The van der Waals surface area contributed by atoms with Crippen molar-refractivity contribution in [2.75, 3.05) is 27.1 Å². The van der Waals surface area contributed by atoms with Crippen molar-refractivity contribution in [3.05, 3.63) is 0 Å². The Hall–Kier alpha value is -0.0831. The van der Waals surface area contributed by atoms with Crippen molar-refractivity contribution in [1.82, 2.24) is 0 Å². The molecule has 0 aromatic carbocycles. The van der Waals surface area contributed by atoms with Gasteiger partial charge in [0.05, 0.1) is 0 Å². The zero-order chi connectivity index (χ0) is 11.0. The number of nitrogens with two attached hydrogens (primary N) is 2. The van der Waals surface area contributed by atoms with E-state index in [9.17, 15) is 0 Å². The summed E-state index contributed by atoms with van der Waals surface area (Å²) in [5.74, 6) is 0.854. The Morgan fingerprint density at radius 3 is 2.14 bits per heavy atom. The molecule has 14 heavy (non-hydrogen) atoms. The monoisotopic (exact) mass is 239 g/mol. The average molecular weight is 239 g/mol. The van der Waals surface area contributed by atoms with E-state index in [4.69, 9.17) is 24.4 Å². The molecule has 0 fully saturated rings. The molecular formula is C7H19N2O3SSi+. The molecule has 0 amide bonds. The molecule has 0 aromatic rings. The lowest BCUT2D eigenvalue weighted by Gasteiger charge is -2.23. The molecule has 0 atom stereocenters. The molecule has 0 rings (SSSR count). The molecule has 7 heteroatoms. The molecule has 0 bridgehead atoms. The van der Waals surface area contributed by atoms with Crippen LogP contribution in [0.5, 0.6) is 0 Å². The van der Waals surface area contributed by atoms with Gasteiger partial charge < -0.3 is 13.3 Å². The SMILES string of the molecule is CO[Si](CCCSC(N)=[NH2+])(OC)OC. The summed E-state index contributed by atoms with van der Waals surface area (Å²) in [7, 11) is 2.43. The van der Waals surface area contributed by atoms with Crippen molar-refractivity contribution < 1.29 is 18.7 Å². The highest BCUT2D eigenvalue weighted by Gasteiger charge is 2.36. The molecule has 5 nitrogen and oxygen atoms in total. The van der Waals surface area contributed by atoms with Crippen LogP contribution in [0.2, 0.25) is 6.04 Å². The molecule has 0 aliphatic carbocycles. The van der Waals surface area contributed by atoms with Crippen molar-refractivity contribution in [3.8, 4) is 0 Å². The van der Waals surface area contributed by atoms with E-state index in [1.165, 1.54) is 11.8 Å². The van der Waals surface area contributed by atoms with Crippen LogP contribution >= 0.6 is 11.8 Å². The lowest BCUT2D eigenvalue weighted by molar-refractivity contribution is -0.110. The Morgan fingerprint density at radius 2 is 1.79 bits per heavy atom. The lowest BCUT2D eigenvalue weighted by Crippen LogP contribution is -2.44. The highest BCUT2D eigenvalue weighted by molar-refractivity contribution is 8.13. The zero-order valence-corrected chi connectivity index (χ0v) is 10.7. The summed E-state index contributed by atoms with van der Waals surface area (Å²) in [6.45, 7) is 0. The Balaban J connectivity index is 3.77. The molecule has 4 N–H and O–H groups in total. The van der Waals surface area contributed by atoms with E-state index in [-0.39, 0.29) is 0 Å². The van der Waals surface area contributed by atoms with E-state index >= 15 is 0 Å². The molecule has 0 aromatic heterocycles. The quantitative estimate of drug-likeness (QED) is 0.259. The number of thioether (sulfide) groups is 1. The van der Waals surface area contributed by atoms with Crippen LogP contribution in [0.1, 0.15) is 6.42 Å². The third kappa shape index (κ3) is 4.96. The van der Waals surface area contributed by atoms with Gasteiger partial charge in [0.1, 0.15) is 0 Å². The van der Waals surface area contributed by atoms with Crippen LogP contribution in [0.15, 0.2) is 0 Å². The maximum absolute atomic E-state index is 5.31. The van der Waals surface area contributed by atoms with Crippen LogP contribution in [-0.2, 0) is 13.3 Å². The summed E-state index contributed by atoms with van der Waals surface area (Å²) >= 11 is 1.43. The number of hydrogen-bond donors (Lipinski definition) is 2. The molecule has 84 valence electrons. The third-order valence-corrected chi connectivity index (χ3v) is 5.49. The van der Waals surface area contributed by atoms with Gasteiger partial charge in [-0.15, -0.1) is 0 Å². The Bertz CT molecular complexity index is 170. The Kier molecular flexibility index (Phi) is 7.20. The lowest BCUT2D eigenvalue weighted by atomic mass is 10.6. The number of rotatable bonds is 7. The second-order valence-electron chi connectivity index (χ2n) is 2.65. The minimum absolute atomic E-state index is 0.393. The Morgan fingerprint density at radius 1 is 1.29 bits per heavy atom. The van der Waals surface area contributed by atoms with Crippen molar-refractivity contribution >= 4 is 25.7 Å². The van der Waals surface area contributed by atoms with Crippen molar-refractivity contribution in [2.24, 2.45) is 5.73 Å². The number of amidine groups is 1. The maximum Gasteiger partial charge on any atom is 0.500 e. The fourth-order valence-electron chi connectivity index (χ4n) is 1.03. The molecule has 0 unspecified atom stereocenters. The molecule has 0 saturated heterocycles. The van der Waals surface area contributed by atoms with Gasteiger partial charge in [0, 0.05) is 33.1 Å². The fraction of sp³-hybridized carbons (Fsp3) is 0.857. The standard InChI is InChI=1S/C7H18N2O3SSi/c1-10-14(11-2,12-3)6-4-5-13-7(8)9/h4-6H2,1-3H3,(H3,8,9)/p+1. The maximum atomic E-state index is 5.31. The average Bonchev–Trinajstić information content (AvgIpc) is 2.19. The third-order valence-electron chi connectivity index (χ3n) is 1.83. The van der Waals surface area contributed by atoms with Crippen molar-refractivity contribution in [1.29, 1.82) is 0 Å². The molecule has 0 radical (unpaired) electrons. The van der Waals surface area contributed by atoms with Gasteiger partial charge in [-0.2, -0.15) is 0 Å². The first kappa shape index (κ1) is 13.9. The van der Waals surface area contributed by atoms with Crippen LogP contribution in [0.4, 0.5) is 0 Å².